The first-order chi connectivity index (χ1) is 13.6. The summed E-state index contributed by atoms with van der Waals surface area (Å²) >= 11 is 0. The first-order valence-electron chi connectivity index (χ1n) is 8.96. The van der Waals surface area contributed by atoms with Crippen LogP contribution in [0.3, 0.4) is 0 Å². The number of nitrogens with zero attached hydrogens (tertiary/aromatic N) is 2. The quantitative estimate of drug-likeness (QED) is 0.802. The number of carbonyl (C=O) groups excluding carboxylic acids is 2. The fourth-order valence-electron chi connectivity index (χ4n) is 2.96. The van der Waals surface area contributed by atoms with Crippen molar-refractivity contribution in [1.29, 1.82) is 0 Å². The molecule has 1 aliphatic heterocycles. The molecule has 2 aromatic rings. The fraction of sp³-hybridized carbons (Fsp3) is 0.300. The number of hydrogen-bond donors (Lipinski definition) is 1. The summed E-state index contributed by atoms with van der Waals surface area (Å²) in [6, 6.07) is 10.3. The molecule has 0 fully saturated rings. The molecular formula is C20H23N3O5S. The Balaban J connectivity index is 1.81. The summed E-state index contributed by atoms with van der Waals surface area (Å²) in [5.41, 5.74) is 2.62. The van der Waals surface area contributed by atoms with Crippen LogP contribution in [-0.2, 0) is 19.6 Å². The molecule has 0 saturated heterocycles. The van der Waals surface area contributed by atoms with Crippen LogP contribution < -0.4 is 15.0 Å². The van der Waals surface area contributed by atoms with E-state index >= 15 is 0 Å². The summed E-state index contributed by atoms with van der Waals surface area (Å²) in [6.45, 7) is 3.08. The molecule has 154 valence electrons. The molecule has 0 aliphatic carbocycles. The Morgan fingerprint density at radius 3 is 2.45 bits per heavy atom. The van der Waals surface area contributed by atoms with Gasteiger partial charge in [0, 0.05) is 25.8 Å². The van der Waals surface area contributed by atoms with Crippen molar-refractivity contribution in [2.75, 3.05) is 37.5 Å². The van der Waals surface area contributed by atoms with Gasteiger partial charge in [0.25, 0.3) is 5.91 Å². The summed E-state index contributed by atoms with van der Waals surface area (Å²) in [5, 5.41) is 2.64. The summed E-state index contributed by atoms with van der Waals surface area (Å²) in [6.07, 6.45) is 0. The number of fused-ring (bicyclic) bond motifs is 1. The van der Waals surface area contributed by atoms with Crippen LogP contribution in [0.2, 0.25) is 0 Å². The lowest BCUT2D eigenvalue weighted by atomic mass is 10.2. The number of nitrogens with one attached hydrogen (secondary N) is 1. The highest BCUT2D eigenvalue weighted by Crippen LogP contribution is 2.33. The predicted octanol–water partition coefficient (Wildman–Crippen LogP) is 1.92. The van der Waals surface area contributed by atoms with Gasteiger partial charge in [-0.2, -0.15) is 4.31 Å². The molecule has 8 nitrogen and oxygen atoms in total. The lowest BCUT2D eigenvalue weighted by molar-refractivity contribution is -0.119. The Morgan fingerprint density at radius 2 is 1.79 bits per heavy atom. The molecule has 0 saturated carbocycles. The van der Waals surface area contributed by atoms with E-state index in [4.69, 9.17) is 4.74 Å². The normalized spacial score (nSPS) is 13.5. The molecule has 3 rings (SSSR count). The van der Waals surface area contributed by atoms with E-state index in [0.29, 0.717) is 16.9 Å². The summed E-state index contributed by atoms with van der Waals surface area (Å²) in [5.74, 6) is -0.376. The van der Waals surface area contributed by atoms with Crippen LogP contribution >= 0.6 is 0 Å². The molecule has 0 aromatic heterocycles. The minimum Gasteiger partial charge on any atom is -0.482 e. The first-order valence-corrected chi connectivity index (χ1v) is 10.4. The van der Waals surface area contributed by atoms with E-state index in [1.807, 2.05) is 19.1 Å². The van der Waals surface area contributed by atoms with Crippen molar-refractivity contribution >= 4 is 33.2 Å². The number of ether oxygens (including phenoxy) is 1. The van der Waals surface area contributed by atoms with Crippen LogP contribution in [0.5, 0.6) is 5.75 Å². The Hall–Kier alpha value is -2.91. The number of aryl methyl sites for hydroxylation is 2. The molecule has 0 spiro atoms. The van der Waals surface area contributed by atoms with Gasteiger partial charge in [0.05, 0.1) is 17.1 Å². The molecule has 0 radical (unpaired) electrons. The van der Waals surface area contributed by atoms with Gasteiger partial charge in [-0.15, -0.1) is 0 Å². The standard InChI is InChI=1S/C20H23N3O5S/c1-13-5-7-15(8-6-13)23(4)20(25)11-22(3)29(26,27)18-10-17-16(9-14(18)2)21-19(24)12-28-17/h5-10H,11-12H2,1-4H3,(H,21,24). The zero-order valence-electron chi connectivity index (χ0n) is 16.7. The maximum Gasteiger partial charge on any atom is 0.262 e. The molecular weight excluding hydrogens is 394 g/mol. The lowest BCUT2D eigenvalue weighted by Gasteiger charge is -2.24. The average molecular weight is 417 g/mol. The highest BCUT2D eigenvalue weighted by atomic mass is 32.2. The van der Waals surface area contributed by atoms with Gasteiger partial charge in [0.15, 0.2) is 6.61 Å². The lowest BCUT2D eigenvalue weighted by Crippen LogP contribution is -2.39. The highest BCUT2D eigenvalue weighted by Gasteiger charge is 2.28. The minimum atomic E-state index is -3.94. The molecule has 1 aliphatic rings. The molecule has 1 N–H and O–H groups in total. The molecule has 1 heterocycles. The van der Waals surface area contributed by atoms with Crippen molar-refractivity contribution in [1.82, 2.24) is 4.31 Å². The molecule has 2 amide bonds. The number of carbonyl (C=O) groups is 2. The van der Waals surface area contributed by atoms with E-state index in [1.165, 1.54) is 18.0 Å². The van der Waals surface area contributed by atoms with Gasteiger partial charge < -0.3 is 15.0 Å². The van der Waals surface area contributed by atoms with E-state index in [-0.39, 0.29) is 35.6 Å². The molecule has 2 aromatic carbocycles. The number of likely N-dealkylation sites (N-methyl/N-ethyl adjacent to an activating group) is 2. The predicted molar refractivity (Wildman–Crippen MR) is 110 cm³/mol. The second kappa shape index (κ2) is 7.84. The maximum absolute atomic E-state index is 13.1. The zero-order chi connectivity index (χ0) is 21.3. The summed E-state index contributed by atoms with van der Waals surface area (Å²) in [4.78, 5) is 25.5. The van der Waals surface area contributed by atoms with Gasteiger partial charge >= 0.3 is 0 Å². The topological polar surface area (TPSA) is 96.0 Å². The number of hydrogen-bond acceptors (Lipinski definition) is 5. The van der Waals surface area contributed by atoms with E-state index in [2.05, 4.69) is 5.32 Å². The Morgan fingerprint density at radius 1 is 1.14 bits per heavy atom. The number of anilines is 2. The van der Waals surface area contributed by atoms with Gasteiger partial charge in [-0.25, -0.2) is 8.42 Å². The van der Waals surface area contributed by atoms with Crippen LogP contribution in [0.4, 0.5) is 11.4 Å². The third-order valence-electron chi connectivity index (χ3n) is 4.75. The number of amides is 2. The molecule has 0 unspecified atom stereocenters. The summed E-state index contributed by atoms with van der Waals surface area (Å²) < 4.78 is 32.4. The second-order valence-electron chi connectivity index (χ2n) is 7.00. The largest absolute Gasteiger partial charge is 0.482 e. The minimum absolute atomic E-state index is 0.0284. The van der Waals surface area contributed by atoms with E-state index in [0.717, 1.165) is 9.87 Å². The average Bonchev–Trinajstić information content (AvgIpc) is 2.67. The number of rotatable bonds is 5. The van der Waals surface area contributed by atoms with Gasteiger partial charge in [-0.1, -0.05) is 17.7 Å². The second-order valence-corrected chi connectivity index (χ2v) is 9.01. The van der Waals surface area contributed by atoms with Gasteiger partial charge in [0.1, 0.15) is 5.75 Å². The van der Waals surface area contributed by atoms with Crippen LogP contribution in [0, 0.1) is 13.8 Å². The van der Waals surface area contributed by atoms with Crippen molar-refractivity contribution in [3.8, 4) is 5.75 Å². The van der Waals surface area contributed by atoms with E-state index in [9.17, 15) is 18.0 Å². The van der Waals surface area contributed by atoms with Gasteiger partial charge in [-0.3, -0.25) is 9.59 Å². The third kappa shape index (κ3) is 4.25. The van der Waals surface area contributed by atoms with Crippen molar-refractivity contribution in [2.24, 2.45) is 0 Å². The van der Waals surface area contributed by atoms with Crippen molar-refractivity contribution < 1.29 is 22.7 Å². The van der Waals surface area contributed by atoms with Gasteiger partial charge in [0.2, 0.25) is 15.9 Å². The zero-order valence-corrected chi connectivity index (χ0v) is 17.5. The van der Waals surface area contributed by atoms with Gasteiger partial charge in [-0.05, 0) is 37.6 Å². The van der Waals surface area contributed by atoms with Crippen LogP contribution in [-0.4, -0.2) is 51.8 Å². The monoisotopic (exact) mass is 417 g/mol. The maximum atomic E-state index is 13.1. The molecule has 9 heteroatoms. The first kappa shape index (κ1) is 20.8. The fourth-order valence-corrected chi connectivity index (χ4v) is 4.29. The van der Waals surface area contributed by atoms with E-state index < -0.39 is 10.0 Å². The van der Waals surface area contributed by atoms with Crippen molar-refractivity contribution in [3.05, 3.63) is 47.5 Å². The van der Waals surface area contributed by atoms with E-state index in [1.54, 1.807) is 32.2 Å². The molecule has 29 heavy (non-hydrogen) atoms. The number of sulfonamides is 1. The Kier molecular flexibility index (Phi) is 5.63. The van der Waals surface area contributed by atoms with Crippen molar-refractivity contribution in [2.45, 2.75) is 18.7 Å². The Labute approximate surface area is 170 Å². The smallest absolute Gasteiger partial charge is 0.262 e. The molecule has 0 atom stereocenters. The van der Waals surface area contributed by atoms with Crippen LogP contribution in [0.25, 0.3) is 0 Å². The summed E-state index contributed by atoms with van der Waals surface area (Å²) in [7, 11) is -0.977. The third-order valence-corrected chi connectivity index (χ3v) is 6.70. The van der Waals surface area contributed by atoms with Crippen LogP contribution in [0.15, 0.2) is 41.3 Å². The molecule has 0 bridgehead atoms. The van der Waals surface area contributed by atoms with Crippen LogP contribution in [0.1, 0.15) is 11.1 Å². The highest BCUT2D eigenvalue weighted by molar-refractivity contribution is 7.89. The van der Waals surface area contributed by atoms with Crippen molar-refractivity contribution in [3.63, 3.8) is 0 Å². The SMILES string of the molecule is Cc1ccc(N(C)C(=O)CN(C)S(=O)(=O)c2cc3c(cc2C)NC(=O)CO3)cc1. The number of benzene rings is 2. The Bertz CT molecular complexity index is 1060.